The fourth-order valence-electron chi connectivity index (χ4n) is 2.21. The normalized spacial score (nSPS) is 12.0. The van der Waals surface area contributed by atoms with Gasteiger partial charge >= 0.3 is 0 Å². The first kappa shape index (κ1) is 18.1. The minimum atomic E-state index is -0.0565. The van der Waals surface area contributed by atoms with Gasteiger partial charge in [0.15, 0.2) is 0 Å². The highest BCUT2D eigenvalue weighted by Crippen LogP contribution is 2.24. The topological polar surface area (TPSA) is 29.1 Å². The number of thioether (sulfide) groups is 1. The third-order valence-electron chi connectivity index (χ3n) is 3.57. The van der Waals surface area contributed by atoms with E-state index in [2.05, 4.69) is 45.5 Å². The van der Waals surface area contributed by atoms with Crippen molar-refractivity contribution in [3.05, 3.63) is 64.1 Å². The number of nitrogens with one attached hydrogen (secondary N) is 1. The van der Waals surface area contributed by atoms with Crippen LogP contribution in [0, 0.1) is 6.92 Å². The standard InChI is InChI=1S/C19H22BrNOS/c1-14-10-11-18(17(20)13-14)21-19(22)15(2)23-12-6-9-16-7-4-3-5-8-16/h3-5,7-8,10-11,13,15H,6,9,12H2,1-2H3,(H,21,22)/t15-/m1/s1. The Morgan fingerprint density at radius 3 is 2.65 bits per heavy atom. The molecule has 0 spiro atoms. The van der Waals surface area contributed by atoms with Crippen LogP contribution in [0.25, 0.3) is 0 Å². The van der Waals surface area contributed by atoms with Gasteiger partial charge in [-0.1, -0.05) is 36.4 Å². The molecule has 0 aromatic heterocycles. The summed E-state index contributed by atoms with van der Waals surface area (Å²) in [6.45, 7) is 3.99. The van der Waals surface area contributed by atoms with Crippen molar-refractivity contribution in [3.8, 4) is 0 Å². The van der Waals surface area contributed by atoms with E-state index in [9.17, 15) is 4.79 Å². The van der Waals surface area contributed by atoms with Gasteiger partial charge in [0.2, 0.25) is 5.91 Å². The maximum atomic E-state index is 12.3. The molecule has 1 amide bonds. The molecule has 0 radical (unpaired) electrons. The highest BCUT2D eigenvalue weighted by molar-refractivity contribution is 9.10. The highest BCUT2D eigenvalue weighted by atomic mass is 79.9. The lowest BCUT2D eigenvalue weighted by molar-refractivity contribution is -0.115. The lowest BCUT2D eigenvalue weighted by Crippen LogP contribution is -2.23. The Bertz CT molecular complexity index is 645. The number of hydrogen-bond donors (Lipinski definition) is 1. The van der Waals surface area contributed by atoms with E-state index in [0.717, 1.165) is 28.8 Å². The molecule has 2 aromatic rings. The predicted molar refractivity (Wildman–Crippen MR) is 104 cm³/mol. The quantitative estimate of drug-likeness (QED) is 0.635. The van der Waals surface area contributed by atoms with Crippen LogP contribution in [-0.2, 0) is 11.2 Å². The molecule has 2 rings (SSSR count). The molecule has 122 valence electrons. The third-order valence-corrected chi connectivity index (χ3v) is 5.47. The smallest absolute Gasteiger partial charge is 0.237 e. The van der Waals surface area contributed by atoms with Crippen molar-refractivity contribution in [2.24, 2.45) is 0 Å². The van der Waals surface area contributed by atoms with Crippen LogP contribution in [0.5, 0.6) is 0 Å². The van der Waals surface area contributed by atoms with Crippen molar-refractivity contribution in [2.75, 3.05) is 11.1 Å². The summed E-state index contributed by atoms with van der Waals surface area (Å²) in [5.41, 5.74) is 3.35. The summed E-state index contributed by atoms with van der Waals surface area (Å²) >= 11 is 5.20. The number of amides is 1. The molecule has 4 heteroatoms. The largest absolute Gasteiger partial charge is 0.324 e. The monoisotopic (exact) mass is 391 g/mol. The van der Waals surface area contributed by atoms with Crippen LogP contribution in [0.3, 0.4) is 0 Å². The Hall–Kier alpha value is -1.26. The Labute approximate surface area is 151 Å². The van der Waals surface area contributed by atoms with Crippen LogP contribution in [-0.4, -0.2) is 16.9 Å². The number of benzene rings is 2. The van der Waals surface area contributed by atoms with Crippen LogP contribution in [0.15, 0.2) is 53.0 Å². The summed E-state index contributed by atoms with van der Waals surface area (Å²) in [7, 11) is 0. The predicted octanol–water partition coefficient (Wildman–Crippen LogP) is 5.45. The molecule has 0 fully saturated rings. The fraction of sp³-hybridized carbons (Fsp3) is 0.316. The van der Waals surface area contributed by atoms with Crippen LogP contribution < -0.4 is 5.32 Å². The van der Waals surface area contributed by atoms with Crippen molar-refractivity contribution in [3.63, 3.8) is 0 Å². The minimum absolute atomic E-state index is 0.0549. The summed E-state index contributed by atoms with van der Waals surface area (Å²) in [5, 5.41) is 2.93. The van der Waals surface area contributed by atoms with Gasteiger partial charge in [0.05, 0.1) is 10.9 Å². The zero-order valence-corrected chi connectivity index (χ0v) is 15.9. The van der Waals surface area contributed by atoms with E-state index in [0.29, 0.717) is 0 Å². The zero-order chi connectivity index (χ0) is 16.7. The molecule has 1 atom stereocenters. The molecule has 1 N–H and O–H groups in total. The van der Waals surface area contributed by atoms with Gasteiger partial charge in [0.25, 0.3) is 0 Å². The molecule has 0 saturated carbocycles. The van der Waals surface area contributed by atoms with Gasteiger partial charge in [-0.25, -0.2) is 0 Å². The first-order valence-corrected chi connectivity index (χ1v) is 9.63. The molecule has 0 heterocycles. The van der Waals surface area contributed by atoms with Crippen LogP contribution in [0.2, 0.25) is 0 Å². The average molecular weight is 392 g/mol. The van der Waals surface area contributed by atoms with Gasteiger partial charge in [-0.15, -0.1) is 11.8 Å². The summed E-state index contributed by atoms with van der Waals surface area (Å²) in [4.78, 5) is 12.3. The lowest BCUT2D eigenvalue weighted by Gasteiger charge is -2.13. The number of aryl methyl sites for hydroxylation is 2. The molecule has 0 aliphatic heterocycles. The maximum Gasteiger partial charge on any atom is 0.237 e. The molecular formula is C19H22BrNOS. The van der Waals surface area contributed by atoms with Gasteiger partial charge in [-0.05, 0) is 71.6 Å². The van der Waals surface area contributed by atoms with Crippen LogP contribution in [0.1, 0.15) is 24.5 Å². The lowest BCUT2D eigenvalue weighted by atomic mass is 10.1. The van der Waals surface area contributed by atoms with E-state index >= 15 is 0 Å². The Balaban J connectivity index is 1.74. The van der Waals surface area contributed by atoms with Gasteiger partial charge in [0, 0.05) is 4.47 Å². The summed E-state index contributed by atoms with van der Waals surface area (Å²) < 4.78 is 0.923. The Kier molecular flexibility index (Phi) is 7.18. The average Bonchev–Trinajstić information content (AvgIpc) is 2.55. The van der Waals surface area contributed by atoms with Crippen LogP contribution in [0.4, 0.5) is 5.69 Å². The molecule has 0 aliphatic rings. The third kappa shape index (κ3) is 6.04. The van der Waals surface area contributed by atoms with Crippen LogP contribution >= 0.6 is 27.7 Å². The molecule has 2 nitrogen and oxygen atoms in total. The minimum Gasteiger partial charge on any atom is -0.324 e. The number of carbonyl (C=O) groups excluding carboxylic acids is 1. The maximum absolute atomic E-state index is 12.3. The number of halogens is 1. The molecule has 0 unspecified atom stereocenters. The second-order valence-electron chi connectivity index (χ2n) is 5.57. The number of anilines is 1. The van der Waals surface area contributed by atoms with Crippen molar-refractivity contribution in [1.29, 1.82) is 0 Å². The van der Waals surface area contributed by atoms with Crippen molar-refractivity contribution in [2.45, 2.75) is 31.9 Å². The fourth-order valence-corrected chi connectivity index (χ4v) is 3.68. The SMILES string of the molecule is Cc1ccc(NC(=O)[C@@H](C)SCCCc2ccccc2)c(Br)c1. The van der Waals surface area contributed by atoms with E-state index in [1.54, 1.807) is 11.8 Å². The molecule has 2 aromatic carbocycles. The van der Waals surface area contributed by atoms with Gasteiger partial charge in [0.1, 0.15) is 0 Å². The second kappa shape index (κ2) is 9.14. The van der Waals surface area contributed by atoms with E-state index in [1.807, 2.05) is 38.1 Å². The van der Waals surface area contributed by atoms with Gasteiger partial charge < -0.3 is 5.32 Å². The first-order chi connectivity index (χ1) is 11.1. The second-order valence-corrected chi connectivity index (χ2v) is 7.88. The summed E-state index contributed by atoms with van der Waals surface area (Å²) in [5.74, 6) is 1.04. The highest BCUT2D eigenvalue weighted by Gasteiger charge is 2.14. The molecular weight excluding hydrogens is 370 g/mol. The summed E-state index contributed by atoms with van der Waals surface area (Å²) in [6.07, 6.45) is 2.15. The van der Waals surface area contributed by atoms with E-state index in [-0.39, 0.29) is 11.2 Å². The number of hydrogen-bond acceptors (Lipinski definition) is 2. The van der Waals surface area contributed by atoms with Gasteiger partial charge in [-0.2, -0.15) is 0 Å². The number of rotatable bonds is 7. The van der Waals surface area contributed by atoms with Gasteiger partial charge in [-0.3, -0.25) is 4.79 Å². The first-order valence-electron chi connectivity index (χ1n) is 7.79. The van der Waals surface area contributed by atoms with E-state index in [1.165, 1.54) is 11.1 Å². The summed E-state index contributed by atoms with van der Waals surface area (Å²) in [6, 6.07) is 16.4. The Morgan fingerprint density at radius 2 is 1.96 bits per heavy atom. The zero-order valence-electron chi connectivity index (χ0n) is 13.5. The molecule has 0 bridgehead atoms. The van der Waals surface area contributed by atoms with Crippen molar-refractivity contribution in [1.82, 2.24) is 0 Å². The number of carbonyl (C=O) groups is 1. The van der Waals surface area contributed by atoms with E-state index < -0.39 is 0 Å². The molecule has 0 aliphatic carbocycles. The molecule has 0 saturated heterocycles. The molecule has 23 heavy (non-hydrogen) atoms. The Morgan fingerprint density at radius 1 is 1.22 bits per heavy atom. The van der Waals surface area contributed by atoms with Crippen molar-refractivity contribution >= 4 is 39.3 Å². The van der Waals surface area contributed by atoms with E-state index in [4.69, 9.17) is 0 Å². The van der Waals surface area contributed by atoms with Crippen molar-refractivity contribution < 1.29 is 4.79 Å².